The molecule has 8 heteroatoms. The largest absolute Gasteiger partial charge is 0.496 e. The number of fused-ring (bicyclic) bond motifs is 4. The maximum Gasteiger partial charge on any atom is 0.496 e. The van der Waals surface area contributed by atoms with Crippen LogP contribution in [0, 0.1) is 0 Å². The van der Waals surface area contributed by atoms with E-state index in [0.29, 0.717) is 29.0 Å². The fourth-order valence-corrected chi connectivity index (χ4v) is 8.19. The molecule has 302 valence electrons. The lowest BCUT2D eigenvalue weighted by atomic mass is 9.86. The first-order valence-corrected chi connectivity index (χ1v) is 21.0. The number of benzene rings is 6. The predicted molar refractivity (Wildman–Crippen MR) is 251 cm³/mol. The minimum atomic E-state index is 0.000301. The monoisotopic (exact) mass is 809 g/mol. The summed E-state index contributed by atoms with van der Waals surface area (Å²) in [5.74, 6) is 3.72. The van der Waals surface area contributed by atoms with Crippen LogP contribution in [0.3, 0.4) is 0 Å². The van der Waals surface area contributed by atoms with Crippen LogP contribution in [-0.2, 0) is 10.8 Å². The lowest BCUT2D eigenvalue weighted by Crippen LogP contribution is -2.11. The van der Waals surface area contributed by atoms with E-state index in [1.807, 2.05) is 66.4 Å². The highest BCUT2D eigenvalue weighted by molar-refractivity contribution is 6.11. The first-order chi connectivity index (χ1) is 29.9. The van der Waals surface area contributed by atoms with E-state index in [2.05, 4.69) is 160 Å². The van der Waals surface area contributed by atoms with Gasteiger partial charge in [0, 0.05) is 52.4 Å². The molecule has 0 unspecified atom stereocenters. The molecular formula is C54H47N7O+2. The lowest BCUT2D eigenvalue weighted by molar-refractivity contribution is -0.394. The van der Waals surface area contributed by atoms with Gasteiger partial charge in [0.2, 0.25) is 5.69 Å². The number of pyridine rings is 1. The number of hydrogen-bond acceptors (Lipinski definition) is 5. The summed E-state index contributed by atoms with van der Waals surface area (Å²) < 4.78 is 13.3. The lowest BCUT2D eigenvalue weighted by Gasteiger charge is -2.19. The van der Waals surface area contributed by atoms with Gasteiger partial charge in [0.1, 0.15) is 17.3 Å². The van der Waals surface area contributed by atoms with Gasteiger partial charge < -0.3 is 4.74 Å². The van der Waals surface area contributed by atoms with Gasteiger partial charge in [-0.05, 0) is 56.9 Å². The molecule has 0 radical (unpaired) electrons. The molecule has 1 aliphatic rings. The predicted octanol–water partition coefficient (Wildman–Crippen LogP) is 13.0. The van der Waals surface area contributed by atoms with Crippen molar-refractivity contribution in [1.82, 2.24) is 29.1 Å². The number of para-hydroxylation sites is 3. The molecule has 0 saturated heterocycles. The van der Waals surface area contributed by atoms with Crippen molar-refractivity contribution in [3.8, 4) is 51.5 Å². The molecule has 3 aromatic heterocycles. The van der Waals surface area contributed by atoms with Crippen LogP contribution in [0.4, 0.5) is 17.1 Å². The Kier molecular flexibility index (Phi) is 9.27. The molecule has 6 aromatic carbocycles. The van der Waals surface area contributed by atoms with Crippen LogP contribution in [0.2, 0.25) is 0 Å². The van der Waals surface area contributed by atoms with Gasteiger partial charge in [-0.15, -0.1) is 0 Å². The Morgan fingerprint density at radius 2 is 1.16 bits per heavy atom. The molecule has 0 spiro atoms. The van der Waals surface area contributed by atoms with E-state index in [4.69, 9.17) is 24.7 Å². The first-order valence-electron chi connectivity index (χ1n) is 21.0. The average molecular weight is 810 g/mol. The Hall–Kier alpha value is -7.54. The van der Waals surface area contributed by atoms with E-state index in [1.54, 1.807) is 0 Å². The first kappa shape index (κ1) is 38.6. The van der Waals surface area contributed by atoms with Crippen LogP contribution >= 0.6 is 0 Å². The molecule has 9 aromatic rings. The molecule has 0 bridgehead atoms. The summed E-state index contributed by atoms with van der Waals surface area (Å²) in [6, 6.07) is 55.7. The summed E-state index contributed by atoms with van der Waals surface area (Å²) in [5, 5.41) is 2.10. The zero-order chi connectivity index (χ0) is 42.8. The van der Waals surface area contributed by atoms with Crippen molar-refractivity contribution in [2.75, 3.05) is 7.05 Å². The number of hydrogen-bond donors (Lipinski definition) is 0. The zero-order valence-corrected chi connectivity index (χ0v) is 36.0. The molecular weight excluding hydrogens is 763 g/mol. The van der Waals surface area contributed by atoms with Gasteiger partial charge in [0.25, 0.3) is 11.4 Å². The van der Waals surface area contributed by atoms with E-state index < -0.39 is 0 Å². The highest BCUT2D eigenvalue weighted by Crippen LogP contribution is 2.42. The van der Waals surface area contributed by atoms with Gasteiger partial charge in [0.05, 0.1) is 22.7 Å². The number of nitrogens with zero attached hydrogens (tertiary/aromatic N) is 7. The molecule has 0 amide bonds. The topological polar surface area (TPSA) is 71.7 Å². The third-order valence-electron chi connectivity index (χ3n) is 11.6. The van der Waals surface area contributed by atoms with Gasteiger partial charge in [-0.1, -0.05) is 137 Å². The van der Waals surface area contributed by atoms with Crippen molar-refractivity contribution in [3.63, 3.8) is 0 Å². The van der Waals surface area contributed by atoms with E-state index in [0.717, 1.165) is 61.4 Å². The SMILES string of the molecule is C[N+]1=C=[N+](c2cccc(Oc3cc4c(cc3-c3nc(-c5ccc(C(C)(C)C)cc5)nc(-c5ccc(C(C)(C)C)cc5)n3)c3ccccc3n4-c3ccccn3)c2)c2ccccc21. The maximum absolute atomic E-state index is 7.07. The molecule has 1 aliphatic heterocycles. The van der Waals surface area contributed by atoms with Crippen molar-refractivity contribution in [1.29, 1.82) is 0 Å². The summed E-state index contributed by atoms with van der Waals surface area (Å²) in [4.78, 5) is 20.5. The molecule has 62 heavy (non-hydrogen) atoms. The fraction of sp³-hybridized carbons (Fsp3) is 0.167. The second-order valence-corrected chi connectivity index (χ2v) is 17.9. The third kappa shape index (κ3) is 7.04. The Bertz CT molecular complexity index is 3180. The van der Waals surface area contributed by atoms with Gasteiger partial charge in [-0.3, -0.25) is 4.57 Å². The van der Waals surface area contributed by atoms with Crippen LogP contribution in [0.5, 0.6) is 11.5 Å². The molecule has 8 nitrogen and oxygen atoms in total. The second kappa shape index (κ2) is 14.9. The minimum Gasteiger partial charge on any atom is -0.456 e. The quantitative estimate of drug-likeness (QED) is 0.150. The van der Waals surface area contributed by atoms with Crippen LogP contribution in [0.25, 0.3) is 61.8 Å². The van der Waals surface area contributed by atoms with E-state index in [9.17, 15) is 0 Å². The Labute approximate surface area is 361 Å². The van der Waals surface area contributed by atoms with E-state index in [-0.39, 0.29) is 10.8 Å². The summed E-state index contributed by atoms with van der Waals surface area (Å²) in [6.45, 7) is 13.3. The highest BCUT2D eigenvalue weighted by Gasteiger charge is 2.32. The average Bonchev–Trinajstić information content (AvgIpc) is 3.79. The van der Waals surface area contributed by atoms with Crippen LogP contribution in [0.15, 0.2) is 158 Å². The zero-order valence-electron chi connectivity index (χ0n) is 36.0. The summed E-state index contributed by atoms with van der Waals surface area (Å²) in [7, 11) is 2.01. The van der Waals surface area contributed by atoms with Crippen LogP contribution in [-0.4, -0.2) is 42.1 Å². The standard InChI is InChI=1S/C54H47N7O/c1-53(2,3)37-26-22-35(23-27-37)50-56-51(36-24-28-38(29-25-36)54(4,5)6)58-52(57-50)43-32-42-41-17-8-9-18-44(41)61(49-21-12-13-30-55-49)47(42)33-48(43)62-40-16-14-15-39(31-40)60-34-59(7)45-19-10-11-20-46(45)60/h8-33H,1-7H3/q+2. The van der Waals surface area contributed by atoms with Gasteiger partial charge in [-0.2, -0.15) is 0 Å². The summed E-state index contributed by atoms with van der Waals surface area (Å²) in [5.41, 5.74) is 10.0. The number of ether oxygens (including phenoxy) is 1. The van der Waals surface area contributed by atoms with Crippen molar-refractivity contribution in [2.24, 2.45) is 0 Å². The van der Waals surface area contributed by atoms with Crippen molar-refractivity contribution >= 4 is 44.9 Å². The molecule has 0 fully saturated rings. The molecule has 0 atom stereocenters. The Balaban J connectivity index is 1.20. The molecule has 4 heterocycles. The molecule has 0 N–H and O–H groups in total. The smallest absolute Gasteiger partial charge is 0.456 e. The molecule has 0 aliphatic carbocycles. The maximum atomic E-state index is 7.07. The second-order valence-electron chi connectivity index (χ2n) is 17.9. The van der Waals surface area contributed by atoms with Crippen molar-refractivity contribution in [2.45, 2.75) is 52.4 Å². The minimum absolute atomic E-state index is 0.000301. The molecule has 0 saturated carbocycles. The van der Waals surface area contributed by atoms with Crippen molar-refractivity contribution in [3.05, 3.63) is 169 Å². The van der Waals surface area contributed by atoms with E-state index in [1.165, 1.54) is 11.1 Å². The Morgan fingerprint density at radius 3 is 1.81 bits per heavy atom. The number of rotatable bonds is 7. The van der Waals surface area contributed by atoms with Crippen molar-refractivity contribution < 1.29 is 9.31 Å². The summed E-state index contributed by atoms with van der Waals surface area (Å²) >= 11 is 0. The third-order valence-corrected chi connectivity index (χ3v) is 11.6. The van der Waals surface area contributed by atoms with Gasteiger partial charge in [-0.25, -0.2) is 19.9 Å². The Morgan fingerprint density at radius 1 is 0.548 bits per heavy atom. The normalized spacial score (nSPS) is 12.7. The summed E-state index contributed by atoms with van der Waals surface area (Å²) in [6.07, 6.45) is 1.82. The van der Waals surface area contributed by atoms with Gasteiger partial charge in [0.15, 0.2) is 24.5 Å². The number of aromatic nitrogens is 5. The molecule has 10 rings (SSSR count). The van der Waals surface area contributed by atoms with Gasteiger partial charge >= 0.3 is 6.01 Å². The van der Waals surface area contributed by atoms with E-state index >= 15 is 0 Å². The highest BCUT2D eigenvalue weighted by atomic mass is 16.5. The van der Waals surface area contributed by atoms with Crippen LogP contribution in [0.1, 0.15) is 52.7 Å². The van der Waals surface area contributed by atoms with Crippen LogP contribution < -0.4 is 9.31 Å². The fourth-order valence-electron chi connectivity index (χ4n) is 8.19.